The fourth-order valence-corrected chi connectivity index (χ4v) is 6.79. The fraction of sp³-hybridized carbons (Fsp3) is 0.286. The van der Waals surface area contributed by atoms with Gasteiger partial charge >= 0.3 is 5.97 Å². The first-order valence-corrected chi connectivity index (χ1v) is 15.9. The van der Waals surface area contributed by atoms with Gasteiger partial charge in [-0.15, -0.1) is 11.3 Å². The molecule has 8 nitrogen and oxygen atoms in total. The molecule has 10 heteroatoms. The van der Waals surface area contributed by atoms with Crippen LogP contribution in [0.1, 0.15) is 50.6 Å². The van der Waals surface area contributed by atoms with Gasteiger partial charge in [-0.2, -0.15) is 5.10 Å². The van der Waals surface area contributed by atoms with E-state index in [2.05, 4.69) is 15.1 Å². The number of esters is 1. The lowest BCUT2D eigenvalue weighted by molar-refractivity contribution is -0.166. The number of nitrogens with zero attached hydrogens (tertiary/aromatic N) is 5. The van der Waals surface area contributed by atoms with Gasteiger partial charge in [0.1, 0.15) is 5.01 Å². The van der Waals surface area contributed by atoms with Crippen molar-refractivity contribution in [2.45, 2.75) is 53.2 Å². The van der Waals surface area contributed by atoms with Crippen molar-refractivity contribution in [3.63, 3.8) is 0 Å². The van der Waals surface area contributed by atoms with E-state index in [0.29, 0.717) is 5.02 Å². The zero-order chi connectivity index (χ0) is 32.0. The number of aromatic nitrogens is 5. The van der Waals surface area contributed by atoms with Gasteiger partial charge in [-0.05, 0) is 89.1 Å². The number of pyridine rings is 2. The van der Waals surface area contributed by atoms with Crippen molar-refractivity contribution in [1.82, 2.24) is 24.7 Å². The van der Waals surface area contributed by atoms with Crippen molar-refractivity contribution >= 4 is 50.0 Å². The maximum Gasteiger partial charge on any atom is 0.339 e. The van der Waals surface area contributed by atoms with Crippen molar-refractivity contribution in [2.24, 2.45) is 7.05 Å². The van der Waals surface area contributed by atoms with Crippen LogP contribution < -0.4 is 0 Å². The van der Waals surface area contributed by atoms with Gasteiger partial charge in [0.15, 0.2) is 6.10 Å². The number of rotatable bonds is 7. The molecule has 0 aliphatic heterocycles. The molecule has 4 heterocycles. The Morgan fingerprint density at radius 1 is 1.02 bits per heavy atom. The van der Waals surface area contributed by atoms with Crippen LogP contribution in [0.4, 0.5) is 0 Å². The molecule has 0 bridgehead atoms. The molecular weight excluding hydrogens is 606 g/mol. The van der Waals surface area contributed by atoms with Crippen LogP contribution in [0.3, 0.4) is 0 Å². The molecule has 0 saturated heterocycles. The Labute approximate surface area is 271 Å². The fourth-order valence-electron chi connectivity index (χ4n) is 5.54. The predicted molar refractivity (Wildman–Crippen MR) is 180 cm³/mol. The standard InChI is InChI=1S/C35H34ClN5O3S/c1-8-43-34(42)31(44-35(4,5)6)29-19(2)15-27-32(30(29)21-9-11-23(36)12-10-21)45-33(39-27)22-13-14-37-25(16-22)26-17-24-20(3)40-41(7)28(24)18-38-26/h9-18,31H,8H2,1-7H3. The summed E-state index contributed by atoms with van der Waals surface area (Å²) in [6.07, 6.45) is 2.68. The summed E-state index contributed by atoms with van der Waals surface area (Å²) in [7, 11) is 1.91. The van der Waals surface area contributed by atoms with Gasteiger partial charge in [0.2, 0.25) is 0 Å². The lowest BCUT2D eigenvalue weighted by atomic mass is 9.91. The number of ether oxygens (including phenoxy) is 2. The van der Waals surface area contributed by atoms with Crippen molar-refractivity contribution in [1.29, 1.82) is 0 Å². The van der Waals surface area contributed by atoms with Gasteiger partial charge in [0, 0.05) is 40.3 Å². The highest BCUT2D eigenvalue weighted by Gasteiger charge is 2.33. The molecule has 0 spiro atoms. The van der Waals surface area contributed by atoms with E-state index < -0.39 is 17.7 Å². The molecule has 1 unspecified atom stereocenters. The molecule has 0 N–H and O–H groups in total. The molecule has 6 aromatic rings. The first kappa shape index (κ1) is 30.8. The normalized spacial score (nSPS) is 12.6. The van der Waals surface area contributed by atoms with Gasteiger partial charge < -0.3 is 9.47 Å². The lowest BCUT2D eigenvalue weighted by Gasteiger charge is -2.29. The first-order valence-electron chi connectivity index (χ1n) is 14.7. The molecule has 0 aliphatic carbocycles. The molecule has 0 fully saturated rings. The Morgan fingerprint density at radius 3 is 2.47 bits per heavy atom. The molecule has 0 amide bonds. The van der Waals surface area contributed by atoms with Crippen LogP contribution >= 0.6 is 22.9 Å². The van der Waals surface area contributed by atoms with E-state index in [1.807, 2.05) is 101 Å². The van der Waals surface area contributed by atoms with Crippen molar-refractivity contribution in [3.8, 4) is 33.1 Å². The van der Waals surface area contributed by atoms with Gasteiger partial charge in [-0.1, -0.05) is 23.7 Å². The number of hydrogen-bond donors (Lipinski definition) is 0. The average molecular weight is 640 g/mol. The van der Waals surface area contributed by atoms with Crippen LogP contribution in [0, 0.1) is 13.8 Å². The molecule has 6 rings (SSSR count). The summed E-state index contributed by atoms with van der Waals surface area (Å²) in [5, 5.41) is 7.01. The summed E-state index contributed by atoms with van der Waals surface area (Å²) in [5.74, 6) is -0.429. The quantitative estimate of drug-likeness (QED) is 0.161. The summed E-state index contributed by atoms with van der Waals surface area (Å²) >= 11 is 7.86. The number of carbonyl (C=O) groups is 1. The SMILES string of the molecule is CCOC(=O)C(OC(C)(C)C)c1c(C)cc2nc(-c3ccnc(-c4cc5c(C)nn(C)c5cn4)c3)sc2c1-c1ccc(Cl)cc1. The summed E-state index contributed by atoms with van der Waals surface area (Å²) in [6.45, 7) is 11.8. The molecule has 230 valence electrons. The van der Waals surface area contributed by atoms with E-state index in [0.717, 1.165) is 71.0 Å². The Morgan fingerprint density at radius 2 is 1.76 bits per heavy atom. The molecular formula is C35H34ClN5O3S. The minimum atomic E-state index is -0.935. The minimum Gasteiger partial charge on any atom is -0.464 e. The second kappa shape index (κ2) is 12.0. The van der Waals surface area contributed by atoms with Gasteiger partial charge in [-0.3, -0.25) is 14.6 Å². The predicted octanol–water partition coefficient (Wildman–Crippen LogP) is 8.66. The Hall–Kier alpha value is -4.18. The van der Waals surface area contributed by atoms with Crippen LogP contribution in [0.15, 0.2) is 60.9 Å². The second-order valence-corrected chi connectivity index (χ2v) is 13.4. The Bertz CT molecular complexity index is 2060. The summed E-state index contributed by atoms with van der Waals surface area (Å²) in [4.78, 5) is 27.9. The highest BCUT2D eigenvalue weighted by atomic mass is 35.5. The van der Waals surface area contributed by atoms with E-state index in [-0.39, 0.29) is 6.61 Å². The monoisotopic (exact) mass is 639 g/mol. The highest BCUT2D eigenvalue weighted by Crippen LogP contribution is 2.45. The number of thiazole rings is 1. The lowest BCUT2D eigenvalue weighted by Crippen LogP contribution is -2.29. The number of carbonyl (C=O) groups excluding carboxylic acids is 1. The molecule has 45 heavy (non-hydrogen) atoms. The van der Waals surface area contributed by atoms with E-state index in [4.69, 9.17) is 26.1 Å². The molecule has 4 aromatic heterocycles. The molecule has 0 radical (unpaired) electrons. The third-order valence-electron chi connectivity index (χ3n) is 7.49. The number of aryl methyl sites for hydroxylation is 3. The average Bonchev–Trinajstić information content (AvgIpc) is 3.55. The minimum absolute atomic E-state index is 0.248. The zero-order valence-corrected chi connectivity index (χ0v) is 27.9. The van der Waals surface area contributed by atoms with Crippen LogP contribution in [0.2, 0.25) is 5.02 Å². The van der Waals surface area contributed by atoms with Crippen LogP contribution in [-0.4, -0.2) is 42.9 Å². The maximum absolute atomic E-state index is 13.5. The third-order valence-corrected chi connectivity index (χ3v) is 8.88. The largest absolute Gasteiger partial charge is 0.464 e. The smallest absolute Gasteiger partial charge is 0.339 e. The molecule has 1 atom stereocenters. The molecule has 0 saturated carbocycles. The molecule has 0 aliphatic rings. The van der Waals surface area contributed by atoms with E-state index in [9.17, 15) is 4.79 Å². The first-order chi connectivity index (χ1) is 21.4. The Kier molecular flexibility index (Phi) is 8.20. The number of hydrogen-bond acceptors (Lipinski definition) is 8. The molecule has 2 aromatic carbocycles. The zero-order valence-electron chi connectivity index (χ0n) is 26.3. The maximum atomic E-state index is 13.5. The van der Waals surface area contributed by atoms with Gasteiger partial charge in [-0.25, -0.2) is 9.78 Å². The number of fused-ring (bicyclic) bond motifs is 2. The van der Waals surface area contributed by atoms with Crippen LogP contribution in [-0.2, 0) is 21.3 Å². The van der Waals surface area contributed by atoms with E-state index in [1.54, 1.807) is 24.5 Å². The topological polar surface area (TPSA) is 92.0 Å². The second-order valence-electron chi connectivity index (χ2n) is 11.9. The van der Waals surface area contributed by atoms with E-state index >= 15 is 0 Å². The van der Waals surface area contributed by atoms with Gasteiger partial charge in [0.05, 0.1) is 51.2 Å². The Balaban J connectivity index is 1.53. The third kappa shape index (κ3) is 6.08. The van der Waals surface area contributed by atoms with Crippen molar-refractivity contribution in [3.05, 3.63) is 82.8 Å². The van der Waals surface area contributed by atoms with Gasteiger partial charge in [0.25, 0.3) is 0 Å². The highest BCUT2D eigenvalue weighted by molar-refractivity contribution is 7.22. The van der Waals surface area contributed by atoms with Crippen LogP contribution in [0.25, 0.3) is 54.2 Å². The van der Waals surface area contributed by atoms with Crippen molar-refractivity contribution in [2.75, 3.05) is 6.61 Å². The number of benzene rings is 2. The summed E-state index contributed by atoms with van der Waals surface area (Å²) in [5.41, 5.74) is 7.97. The summed E-state index contributed by atoms with van der Waals surface area (Å²) < 4.78 is 14.7. The van der Waals surface area contributed by atoms with Crippen LogP contribution in [0.5, 0.6) is 0 Å². The summed E-state index contributed by atoms with van der Waals surface area (Å²) in [6, 6.07) is 15.6. The number of halogens is 1. The van der Waals surface area contributed by atoms with E-state index in [1.165, 1.54) is 0 Å². The van der Waals surface area contributed by atoms with Crippen molar-refractivity contribution < 1.29 is 14.3 Å².